The summed E-state index contributed by atoms with van der Waals surface area (Å²) in [5.74, 6) is -1.12. The second kappa shape index (κ2) is 12.2. The van der Waals surface area contributed by atoms with Crippen molar-refractivity contribution in [3.8, 4) is 11.1 Å². The number of aliphatic hydroxyl groups excluding tert-OH is 3. The van der Waals surface area contributed by atoms with Gasteiger partial charge in [-0.2, -0.15) is 9.59 Å². The van der Waals surface area contributed by atoms with Crippen molar-refractivity contribution < 1.29 is 34.8 Å². The van der Waals surface area contributed by atoms with Crippen LogP contribution in [0.3, 0.4) is 0 Å². The van der Waals surface area contributed by atoms with Gasteiger partial charge in [-0.1, -0.05) is 12.1 Å². The first-order valence-electron chi connectivity index (χ1n) is 8.41. The van der Waals surface area contributed by atoms with Crippen molar-refractivity contribution in [1.29, 1.82) is 0 Å². The van der Waals surface area contributed by atoms with E-state index >= 15 is 0 Å². The number of rotatable bonds is 9. The number of aromatic carboxylic acids is 1. The summed E-state index contributed by atoms with van der Waals surface area (Å²) in [6, 6.07) is 3.35. The lowest BCUT2D eigenvalue weighted by Crippen LogP contribution is -2.22. The molecule has 0 atom stereocenters. The smallest absolute Gasteiger partial charge is 0.373 e. The average molecular weight is 472 g/mol. The maximum absolute atomic E-state index is 11.5. The molecule has 1 aromatic heterocycles. The van der Waals surface area contributed by atoms with E-state index in [9.17, 15) is 25.2 Å². The molecule has 29 heavy (non-hydrogen) atoms. The highest BCUT2D eigenvalue weighted by molar-refractivity contribution is 9.10. The van der Waals surface area contributed by atoms with Crippen LogP contribution in [0.4, 0.5) is 0 Å². The number of aromatic amines is 1. The van der Waals surface area contributed by atoms with E-state index in [1.807, 2.05) is 0 Å². The lowest BCUT2D eigenvalue weighted by molar-refractivity contribution is -0.191. The number of carbonyl (C=O) groups excluding carboxylic acids is 2. The van der Waals surface area contributed by atoms with E-state index in [-0.39, 0.29) is 31.7 Å². The normalized spacial score (nSPS) is 10.2. The van der Waals surface area contributed by atoms with Crippen molar-refractivity contribution in [3.05, 3.63) is 44.7 Å². The zero-order valence-corrected chi connectivity index (χ0v) is 17.0. The van der Waals surface area contributed by atoms with Crippen LogP contribution in [0.15, 0.2) is 16.6 Å². The highest BCUT2D eigenvalue weighted by atomic mass is 79.9. The summed E-state index contributed by atoms with van der Waals surface area (Å²) < 4.78 is 0.352. The summed E-state index contributed by atoms with van der Waals surface area (Å²) in [6.07, 6.45) is 0.250. The van der Waals surface area contributed by atoms with Crippen LogP contribution in [0, 0.1) is 0 Å². The molecule has 158 valence electrons. The standard InChI is InChI=1S/C17H22BrN3O5.CO2/c18-15-14(13(5-20-4-3-19)21-16(15)17(25)26)10-2-1-9(6-22)11(7-23)12(10)8-24;2-1-3/h1-2,20-24H,3-8,19H2,(H,25,26);. The number of carboxylic acids is 1. The Kier molecular flexibility index (Phi) is 10.4. The molecule has 0 saturated heterocycles. The van der Waals surface area contributed by atoms with Gasteiger partial charge in [0, 0.05) is 30.9 Å². The summed E-state index contributed by atoms with van der Waals surface area (Å²) in [5.41, 5.74) is 8.61. The van der Waals surface area contributed by atoms with Gasteiger partial charge in [0.25, 0.3) is 0 Å². The fourth-order valence-electron chi connectivity index (χ4n) is 2.90. The number of carbonyl (C=O) groups is 1. The molecule has 0 aliphatic heterocycles. The molecule has 11 heteroatoms. The molecule has 10 nitrogen and oxygen atoms in total. The first-order chi connectivity index (χ1) is 13.9. The zero-order chi connectivity index (χ0) is 22.0. The van der Waals surface area contributed by atoms with Crippen LogP contribution in [-0.4, -0.2) is 50.6 Å². The number of aliphatic hydroxyl groups is 3. The number of hydrogen-bond donors (Lipinski definition) is 7. The van der Waals surface area contributed by atoms with Gasteiger partial charge in [-0.05, 0) is 38.2 Å². The van der Waals surface area contributed by atoms with Crippen LogP contribution in [0.1, 0.15) is 32.9 Å². The molecule has 0 saturated carbocycles. The molecule has 0 radical (unpaired) electrons. The topological polar surface area (TPSA) is 186 Å². The van der Waals surface area contributed by atoms with Gasteiger partial charge in [-0.15, -0.1) is 0 Å². The second-order valence-electron chi connectivity index (χ2n) is 5.73. The minimum Gasteiger partial charge on any atom is -0.477 e. The number of carboxylic acid groups (broad SMARTS) is 1. The second-order valence-corrected chi connectivity index (χ2v) is 6.52. The maximum atomic E-state index is 11.5. The van der Waals surface area contributed by atoms with E-state index < -0.39 is 5.97 Å². The van der Waals surface area contributed by atoms with Gasteiger partial charge < -0.3 is 36.5 Å². The van der Waals surface area contributed by atoms with Crippen molar-refractivity contribution >= 4 is 28.1 Å². The van der Waals surface area contributed by atoms with E-state index in [1.54, 1.807) is 12.1 Å². The predicted octanol–water partition coefficient (Wildman–Crippen LogP) is 0.0841. The Labute approximate surface area is 174 Å². The third-order valence-corrected chi connectivity index (χ3v) is 4.93. The molecule has 0 aliphatic rings. The molecule has 0 aliphatic carbocycles. The monoisotopic (exact) mass is 471 g/mol. The van der Waals surface area contributed by atoms with Crippen LogP contribution < -0.4 is 11.1 Å². The maximum Gasteiger partial charge on any atom is 0.373 e. The molecular weight excluding hydrogens is 450 g/mol. The van der Waals surface area contributed by atoms with Gasteiger partial charge in [-0.3, -0.25) is 0 Å². The van der Waals surface area contributed by atoms with E-state index in [0.29, 0.717) is 57.6 Å². The molecule has 8 N–H and O–H groups in total. The number of halogens is 1. The van der Waals surface area contributed by atoms with Crippen LogP contribution >= 0.6 is 15.9 Å². The van der Waals surface area contributed by atoms with E-state index in [0.717, 1.165) is 0 Å². The minimum absolute atomic E-state index is 0.00905. The molecule has 2 rings (SSSR count). The van der Waals surface area contributed by atoms with E-state index in [4.69, 9.17) is 15.3 Å². The number of nitrogens with two attached hydrogens (primary N) is 1. The first-order valence-corrected chi connectivity index (χ1v) is 9.21. The SMILES string of the molecule is NCCNCc1[nH]c(C(=O)O)c(Br)c1-c1ccc(CO)c(CO)c1CO.O=C=O. The fraction of sp³-hybridized carbons (Fsp3) is 0.333. The van der Waals surface area contributed by atoms with Gasteiger partial charge in [-0.25, -0.2) is 4.79 Å². The third kappa shape index (κ3) is 5.81. The molecular formula is C18H22BrN3O7. The van der Waals surface area contributed by atoms with Gasteiger partial charge in [0.05, 0.1) is 24.3 Å². The molecule has 1 aromatic carbocycles. The van der Waals surface area contributed by atoms with Crippen LogP contribution in [0.5, 0.6) is 0 Å². The fourth-order valence-corrected chi connectivity index (χ4v) is 3.62. The lowest BCUT2D eigenvalue weighted by atomic mass is 9.92. The minimum atomic E-state index is -1.12. The molecule has 0 amide bonds. The Balaban J connectivity index is 0.00000132. The number of aromatic nitrogens is 1. The molecule has 0 bridgehead atoms. The van der Waals surface area contributed by atoms with Crippen molar-refractivity contribution in [2.24, 2.45) is 5.73 Å². The van der Waals surface area contributed by atoms with Crippen LogP contribution in [-0.2, 0) is 36.0 Å². The van der Waals surface area contributed by atoms with Crippen LogP contribution in [0.25, 0.3) is 11.1 Å². The third-order valence-electron chi connectivity index (χ3n) is 4.14. The quantitative estimate of drug-likeness (QED) is 0.248. The summed E-state index contributed by atoms with van der Waals surface area (Å²) in [4.78, 5) is 30.6. The Morgan fingerprint density at radius 3 is 2.24 bits per heavy atom. The molecule has 0 spiro atoms. The van der Waals surface area contributed by atoms with Gasteiger partial charge >= 0.3 is 12.1 Å². The van der Waals surface area contributed by atoms with Gasteiger partial charge in [0.1, 0.15) is 5.69 Å². The Morgan fingerprint density at radius 2 is 1.76 bits per heavy atom. The summed E-state index contributed by atoms with van der Waals surface area (Å²) in [5, 5.41) is 41.5. The highest BCUT2D eigenvalue weighted by Gasteiger charge is 2.24. The van der Waals surface area contributed by atoms with E-state index in [2.05, 4.69) is 26.2 Å². The molecule has 0 unspecified atom stereocenters. The summed E-state index contributed by atoms with van der Waals surface area (Å²) >= 11 is 3.34. The van der Waals surface area contributed by atoms with Crippen LogP contribution in [0.2, 0.25) is 0 Å². The molecule has 2 aromatic rings. The zero-order valence-electron chi connectivity index (χ0n) is 15.4. The number of hydrogen-bond acceptors (Lipinski definition) is 8. The van der Waals surface area contributed by atoms with Gasteiger partial charge in [0.2, 0.25) is 0 Å². The Morgan fingerprint density at radius 1 is 1.14 bits per heavy atom. The van der Waals surface area contributed by atoms with Crippen molar-refractivity contribution in [2.75, 3.05) is 13.1 Å². The van der Waals surface area contributed by atoms with Crippen molar-refractivity contribution in [2.45, 2.75) is 26.4 Å². The Bertz CT molecular complexity index is 877. The van der Waals surface area contributed by atoms with Crippen molar-refractivity contribution in [1.82, 2.24) is 10.3 Å². The largest absolute Gasteiger partial charge is 0.477 e. The molecule has 1 heterocycles. The number of benzene rings is 1. The predicted molar refractivity (Wildman–Crippen MR) is 104 cm³/mol. The summed E-state index contributed by atoms with van der Waals surface area (Å²) in [6.45, 7) is 0.340. The van der Waals surface area contributed by atoms with Gasteiger partial charge in [0.15, 0.2) is 0 Å². The van der Waals surface area contributed by atoms with Crippen molar-refractivity contribution in [3.63, 3.8) is 0 Å². The number of H-pyrrole nitrogens is 1. The average Bonchev–Trinajstić information content (AvgIpc) is 3.03. The number of nitrogens with one attached hydrogen (secondary N) is 2. The highest BCUT2D eigenvalue weighted by Crippen LogP contribution is 2.38. The lowest BCUT2D eigenvalue weighted by Gasteiger charge is -2.16. The summed E-state index contributed by atoms with van der Waals surface area (Å²) in [7, 11) is 0. The first kappa shape index (κ1) is 24.7. The Hall–Kier alpha value is -2.37. The van der Waals surface area contributed by atoms with E-state index in [1.165, 1.54) is 0 Å². The molecule has 0 fully saturated rings.